The molecule has 1 amide bonds. The zero-order valence-corrected chi connectivity index (χ0v) is 19.1. The Hall–Kier alpha value is -4.50. The summed E-state index contributed by atoms with van der Waals surface area (Å²) in [4.78, 5) is 23.9. The molecule has 1 aromatic heterocycles. The average Bonchev–Trinajstić information content (AvgIpc) is 3.38. The second-order valence-electron chi connectivity index (χ2n) is 7.50. The van der Waals surface area contributed by atoms with Crippen molar-refractivity contribution in [3.8, 4) is 23.3 Å². The molecule has 0 fully saturated rings. The third-order valence-electron chi connectivity index (χ3n) is 4.92. The van der Waals surface area contributed by atoms with Crippen molar-refractivity contribution in [1.82, 2.24) is 20.6 Å². The van der Waals surface area contributed by atoms with Crippen LogP contribution in [-0.2, 0) is 6.42 Å². The van der Waals surface area contributed by atoms with Gasteiger partial charge in [0.25, 0.3) is 11.7 Å². The van der Waals surface area contributed by atoms with Crippen LogP contribution in [-0.4, -0.2) is 61.8 Å². The van der Waals surface area contributed by atoms with E-state index in [9.17, 15) is 25.1 Å². The smallest absolute Gasteiger partial charge is 0.297 e. The molecule has 12 heteroatoms. The number of ketones is 1. The van der Waals surface area contributed by atoms with Crippen LogP contribution >= 0.6 is 0 Å². The number of aliphatic hydroxyl groups is 1. The summed E-state index contributed by atoms with van der Waals surface area (Å²) in [5.41, 5.74) is 0.924. The monoisotopic (exact) mass is 480 g/mol. The Morgan fingerprint density at radius 3 is 2.57 bits per heavy atom. The zero-order valence-electron chi connectivity index (χ0n) is 19.1. The molecule has 0 aliphatic heterocycles. The molecule has 35 heavy (non-hydrogen) atoms. The Kier molecular flexibility index (Phi) is 8.31. The number of phenolic OH excluding ortho intramolecular Hbond substituents is 1. The number of aromatic amines is 1. The number of benzene rings is 2. The summed E-state index contributed by atoms with van der Waals surface area (Å²) in [6.07, 6.45) is 0.124. The predicted molar refractivity (Wildman–Crippen MR) is 122 cm³/mol. The summed E-state index contributed by atoms with van der Waals surface area (Å²) in [5, 5.41) is 45.5. The third-order valence-corrected chi connectivity index (χ3v) is 4.92. The van der Waals surface area contributed by atoms with Gasteiger partial charge in [-0.2, -0.15) is 10.5 Å². The molecule has 1 heterocycles. The number of hydrogen-bond acceptors (Lipinski definition) is 10. The quantitative estimate of drug-likeness (QED) is 0.296. The maximum absolute atomic E-state index is 12.2. The van der Waals surface area contributed by atoms with Gasteiger partial charge in [0, 0.05) is 5.56 Å². The number of hydrogen-bond donors (Lipinski definition) is 4. The first-order valence-corrected chi connectivity index (χ1v) is 10.7. The molecule has 3 aromatic rings. The fourth-order valence-corrected chi connectivity index (χ4v) is 3.26. The van der Waals surface area contributed by atoms with Crippen molar-refractivity contribution in [1.29, 1.82) is 5.26 Å². The van der Waals surface area contributed by atoms with Crippen LogP contribution in [0.4, 0.5) is 5.69 Å². The first kappa shape index (κ1) is 25.1. The van der Waals surface area contributed by atoms with Crippen LogP contribution in [0.3, 0.4) is 0 Å². The molecule has 0 radical (unpaired) electrons. The number of phenols is 1. The highest BCUT2D eigenvalue weighted by atomic mass is 16.5. The maximum Gasteiger partial charge on any atom is 0.297 e. The molecule has 0 saturated heterocycles. The number of aromatic hydroxyl groups is 1. The fourth-order valence-electron chi connectivity index (χ4n) is 3.26. The first-order valence-electron chi connectivity index (χ1n) is 10.7. The van der Waals surface area contributed by atoms with Gasteiger partial charge in [-0.3, -0.25) is 9.59 Å². The Bertz CT molecular complexity index is 1240. The van der Waals surface area contributed by atoms with Crippen LogP contribution in [0.1, 0.15) is 52.4 Å². The standard InChI is InChI=1S/C23H24N6O6/c1-3-5-16-20(9-8-15(13(2)30)21(16)32)35-12-14(31)11-34-19-7-4-6-18(17(19)10-24)25-23(33)22-26-28-29-27-22/h4,6-9,14,31-32H,3,5,11-12H2,1-2H3,(H,25,33)(H,26,27,28,29). The molecule has 0 bridgehead atoms. The number of amides is 1. The minimum atomic E-state index is -1.08. The SMILES string of the molecule is CCCc1c(OCC(O)COc2cccc(NC(=O)c3nn[nH]n3)c2C#N)ccc(C(C)=O)c1O. The van der Waals surface area contributed by atoms with Gasteiger partial charge in [-0.05, 0) is 42.8 Å². The van der Waals surface area contributed by atoms with Gasteiger partial charge in [0.2, 0.25) is 0 Å². The lowest BCUT2D eigenvalue weighted by molar-refractivity contribution is 0.0621. The van der Waals surface area contributed by atoms with Gasteiger partial charge in [0.15, 0.2) is 5.78 Å². The van der Waals surface area contributed by atoms with Crippen molar-refractivity contribution < 1.29 is 29.3 Å². The van der Waals surface area contributed by atoms with Crippen molar-refractivity contribution in [2.75, 3.05) is 18.5 Å². The number of nitriles is 1. The van der Waals surface area contributed by atoms with Crippen molar-refractivity contribution in [2.24, 2.45) is 0 Å². The van der Waals surface area contributed by atoms with Crippen LogP contribution in [0.2, 0.25) is 0 Å². The van der Waals surface area contributed by atoms with E-state index in [1.807, 2.05) is 13.0 Å². The molecule has 4 N–H and O–H groups in total. The summed E-state index contributed by atoms with van der Waals surface area (Å²) in [6, 6.07) is 9.63. The molecule has 0 aliphatic carbocycles. The van der Waals surface area contributed by atoms with E-state index in [-0.39, 0.29) is 53.1 Å². The summed E-state index contributed by atoms with van der Waals surface area (Å²) < 4.78 is 11.3. The molecule has 0 spiro atoms. The van der Waals surface area contributed by atoms with Crippen LogP contribution in [0.5, 0.6) is 17.2 Å². The van der Waals surface area contributed by atoms with Crippen LogP contribution < -0.4 is 14.8 Å². The highest BCUT2D eigenvalue weighted by Crippen LogP contribution is 2.33. The number of tetrazole rings is 1. The van der Waals surface area contributed by atoms with Gasteiger partial charge in [0.05, 0.1) is 11.3 Å². The van der Waals surface area contributed by atoms with Crippen molar-refractivity contribution in [3.63, 3.8) is 0 Å². The number of rotatable bonds is 11. The summed E-state index contributed by atoms with van der Waals surface area (Å²) in [5.74, 6) is -0.741. The van der Waals surface area contributed by atoms with Crippen LogP contribution in [0.25, 0.3) is 0 Å². The number of ether oxygens (including phenoxy) is 2. The Morgan fingerprint density at radius 2 is 1.94 bits per heavy atom. The number of nitrogens with one attached hydrogen (secondary N) is 2. The molecule has 2 aromatic carbocycles. The molecule has 12 nitrogen and oxygen atoms in total. The lowest BCUT2D eigenvalue weighted by Gasteiger charge is -2.18. The average molecular weight is 480 g/mol. The summed E-state index contributed by atoms with van der Waals surface area (Å²) in [6.45, 7) is 2.93. The Balaban J connectivity index is 1.65. The van der Waals surface area contributed by atoms with Crippen molar-refractivity contribution in [2.45, 2.75) is 32.8 Å². The first-order chi connectivity index (χ1) is 16.8. The maximum atomic E-state index is 12.2. The molecule has 1 unspecified atom stereocenters. The van der Waals surface area contributed by atoms with E-state index >= 15 is 0 Å². The number of nitrogens with zero attached hydrogens (tertiary/aromatic N) is 4. The molecule has 0 aliphatic rings. The van der Waals surface area contributed by atoms with Gasteiger partial charge in [-0.1, -0.05) is 19.4 Å². The number of aromatic nitrogens is 4. The van der Waals surface area contributed by atoms with Crippen LogP contribution in [0.15, 0.2) is 30.3 Å². The van der Waals surface area contributed by atoms with E-state index in [2.05, 4.69) is 25.9 Å². The van der Waals surface area contributed by atoms with E-state index < -0.39 is 12.0 Å². The van der Waals surface area contributed by atoms with Gasteiger partial charge in [0.1, 0.15) is 48.2 Å². The normalized spacial score (nSPS) is 11.4. The topological polar surface area (TPSA) is 183 Å². The van der Waals surface area contributed by atoms with E-state index in [1.165, 1.54) is 25.1 Å². The van der Waals surface area contributed by atoms with Crippen molar-refractivity contribution in [3.05, 3.63) is 52.8 Å². The summed E-state index contributed by atoms with van der Waals surface area (Å²) >= 11 is 0. The number of anilines is 1. The highest BCUT2D eigenvalue weighted by molar-refractivity contribution is 6.02. The van der Waals surface area contributed by atoms with E-state index in [0.29, 0.717) is 24.2 Å². The number of H-pyrrole nitrogens is 1. The lowest BCUT2D eigenvalue weighted by Crippen LogP contribution is -2.25. The largest absolute Gasteiger partial charge is 0.507 e. The Morgan fingerprint density at radius 1 is 1.20 bits per heavy atom. The highest BCUT2D eigenvalue weighted by Gasteiger charge is 2.19. The molecular formula is C23H24N6O6. The molecule has 1 atom stereocenters. The molecular weight excluding hydrogens is 456 g/mol. The van der Waals surface area contributed by atoms with Crippen LogP contribution in [0, 0.1) is 11.3 Å². The third kappa shape index (κ3) is 6.10. The lowest BCUT2D eigenvalue weighted by atomic mass is 10.0. The zero-order chi connectivity index (χ0) is 25.4. The molecule has 3 rings (SSSR count). The number of Topliss-reactive ketones (excluding diaryl/α,β-unsaturated/α-hetero) is 1. The summed E-state index contributed by atoms with van der Waals surface area (Å²) in [7, 11) is 0. The van der Waals surface area contributed by atoms with E-state index in [0.717, 1.165) is 0 Å². The number of carbonyl (C=O) groups is 2. The van der Waals surface area contributed by atoms with E-state index in [4.69, 9.17) is 9.47 Å². The van der Waals surface area contributed by atoms with Gasteiger partial charge < -0.3 is 25.0 Å². The second-order valence-corrected chi connectivity index (χ2v) is 7.50. The number of carbonyl (C=O) groups excluding carboxylic acids is 2. The minimum Gasteiger partial charge on any atom is -0.507 e. The van der Waals surface area contributed by atoms with Gasteiger partial charge in [-0.15, -0.1) is 10.2 Å². The fraction of sp³-hybridized carbons (Fsp3) is 0.304. The van der Waals surface area contributed by atoms with Gasteiger partial charge >= 0.3 is 0 Å². The molecule has 182 valence electrons. The van der Waals surface area contributed by atoms with Gasteiger partial charge in [-0.25, -0.2) is 0 Å². The number of aliphatic hydroxyl groups excluding tert-OH is 1. The van der Waals surface area contributed by atoms with Crippen molar-refractivity contribution >= 4 is 17.4 Å². The predicted octanol–water partition coefficient (Wildman–Crippen LogP) is 2.00. The minimum absolute atomic E-state index is 0.0486. The van der Waals surface area contributed by atoms with E-state index in [1.54, 1.807) is 12.1 Å². The second kappa shape index (κ2) is 11.6. The molecule has 0 saturated carbocycles. The Labute approximate surface area is 200 Å².